The number of benzene rings is 11. The van der Waals surface area contributed by atoms with Crippen molar-refractivity contribution in [3.05, 3.63) is 206 Å². The normalized spacial score (nSPS) is 12.2. The average molecular weight is 887 g/mol. The number of thiophene rings is 2. The van der Waals surface area contributed by atoms with E-state index in [9.17, 15) is 0 Å². The maximum Gasteiger partial charge on any atom is 0.166 e. The second kappa shape index (κ2) is 14.1. The molecular formula is C61H34N4S2. The average Bonchev–Trinajstić information content (AvgIpc) is 4.07. The van der Waals surface area contributed by atoms with Gasteiger partial charge in [-0.05, 0) is 86.2 Å². The quantitative estimate of drug-likeness (QED) is 0.177. The van der Waals surface area contributed by atoms with Crippen LogP contribution in [0.3, 0.4) is 0 Å². The highest BCUT2D eigenvalue weighted by Gasteiger charge is 2.28. The molecule has 0 spiro atoms. The second-order valence-electron chi connectivity index (χ2n) is 17.5. The van der Waals surface area contributed by atoms with Gasteiger partial charge in [0.05, 0.1) is 27.0 Å². The molecule has 0 atom stereocenters. The summed E-state index contributed by atoms with van der Waals surface area (Å²) in [6, 6.07) is 75.0. The van der Waals surface area contributed by atoms with Crippen molar-refractivity contribution in [3.8, 4) is 39.9 Å². The minimum Gasteiger partial charge on any atom is -0.306 e. The largest absolute Gasteiger partial charge is 0.306 e. The van der Waals surface area contributed by atoms with Gasteiger partial charge in [-0.15, -0.1) is 22.7 Å². The van der Waals surface area contributed by atoms with Gasteiger partial charge in [-0.2, -0.15) is 0 Å². The fourth-order valence-electron chi connectivity index (χ4n) is 10.7. The van der Waals surface area contributed by atoms with Crippen LogP contribution in [0.1, 0.15) is 0 Å². The minimum absolute atomic E-state index is 0.630. The summed E-state index contributed by atoms with van der Waals surface area (Å²) in [5.41, 5.74) is 6.24. The van der Waals surface area contributed by atoms with Crippen LogP contribution in [-0.2, 0) is 0 Å². The molecule has 0 unspecified atom stereocenters. The van der Waals surface area contributed by atoms with Crippen LogP contribution in [0.5, 0.6) is 0 Å². The molecule has 310 valence electrons. The summed E-state index contributed by atoms with van der Waals surface area (Å²) in [6.07, 6.45) is 0. The van der Waals surface area contributed by atoms with Crippen LogP contribution in [0, 0.1) is 0 Å². The van der Waals surface area contributed by atoms with Crippen LogP contribution >= 0.6 is 22.7 Å². The van der Waals surface area contributed by atoms with Gasteiger partial charge in [0.25, 0.3) is 0 Å². The molecule has 15 rings (SSSR count). The standard InChI is InChI=1S/C61H34N4S2/c1-2-15-37-31-40(26-25-35(37)13-1)59-62-60(41-28-30-53-49(33-41)43-19-9-11-23-51(43)66-53)64-61(63-59)55-45-21-8-7-20-44(45)54-47-22-10-12-24-52(47)67-58(54)57(55)65-50-34-39-17-4-3-16-38(39)32-48(50)46-29-27-36-14-5-6-18-42(36)56(46)65/h1-34H. The fraction of sp³-hybridized carbons (Fsp3) is 0. The van der Waals surface area contributed by atoms with Crippen molar-refractivity contribution in [2.75, 3.05) is 0 Å². The van der Waals surface area contributed by atoms with E-state index in [1.165, 1.54) is 83.4 Å². The molecule has 0 saturated carbocycles. The van der Waals surface area contributed by atoms with Crippen LogP contribution in [0.2, 0.25) is 0 Å². The smallest absolute Gasteiger partial charge is 0.166 e. The first-order valence-corrected chi connectivity index (χ1v) is 24.2. The summed E-state index contributed by atoms with van der Waals surface area (Å²) in [7, 11) is 0. The van der Waals surface area contributed by atoms with E-state index in [2.05, 4.69) is 211 Å². The molecule has 6 heteroatoms. The van der Waals surface area contributed by atoms with Gasteiger partial charge >= 0.3 is 0 Å². The Balaban J connectivity index is 1.14. The van der Waals surface area contributed by atoms with Crippen molar-refractivity contribution < 1.29 is 0 Å². The first-order chi connectivity index (χ1) is 33.2. The Kier molecular flexibility index (Phi) is 7.79. The molecule has 0 aliphatic carbocycles. The molecule has 0 fully saturated rings. The van der Waals surface area contributed by atoms with Gasteiger partial charge in [0.15, 0.2) is 17.5 Å². The zero-order valence-corrected chi connectivity index (χ0v) is 37.4. The molecule has 0 amide bonds. The number of nitrogens with zero attached hydrogens (tertiary/aromatic N) is 4. The summed E-state index contributed by atoms with van der Waals surface area (Å²) in [4.78, 5) is 16.7. The molecular weight excluding hydrogens is 853 g/mol. The van der Waals surface area contributed by atoms with E-state index in [0.717, 1.165) is 44.2 Å². The van der Waals surface area contributed by atoms with E-state index in [4.69, 9.17) is 15.0 Å². The van der Waals surface area contributed by atoms with E-state index in [1.54, 1.807) is 0 Å². The summed E-state index contributed by atoms with van der Waals surface area (Å²) < 4.78 is 7.49. The maximum atomic E-state index is 5.66. The molecule has 67 heavy (non-hydrogen) atoms. The highest BCUT2D eigenvalue weighted by molar-refractivity contribution is 7.26. The molecule has 0 N–H and O–H groups in total. The summed E-state index contributed by atoms with van der Waals surface area (Å²) in [5, 5.41) is 16.7. The molecule has 0 aliphatic rings. The number of rotatable bonds is 4. The first kappa shape index (κ1) is 37.0. The first-order valence-electron chi connectivity index (χ1n) is 22.6. The van der Waals surface area contributed by atoms with Crippen LogP contribution in [0.15, 0.2) is 206 Å². The molecule has 0 saturated heterocycles. The summed E-state index contributed by atoms with van der Waals surface area (Å²) in [6.45, 7) is 0. The Bertz CT molecular complexity index is 4590. The topological polar surface area (TPSA) is 43.6 Å². The molecule has 4 nitrogen and oxygen atoms in total. The Morgan fingerprint density at radius 2 is 0.881 bits per heavy atom. The number of aromatic nitrogens is 4. The minimum atomic E-state index is 0.630. The molecule has 4 heterocycles. The van der Waals surface area contributed by atoms with Gasteiger partial charge in [0.2, 0.25) is 0 Å². The SMILES string of the molecule is c1ccc2cc(-c3nc(-c4ccc5sc6ccccc6c5c4)nc(-c4c(-n5c6cc7ccccc7cc6c6ccc7ccccc7c65)c5sc6ccccc6c5c5ccccc45)n3)ccc2c1. The zero-order chi connectivity index (χ0) is 43.7. The highest BCUT2D eigenvalue weighted by Crippen LogP contribution is 2.50. The van der Waals surface area contributed by atoms with E-state index in [1.807, 2.05) is 22.7 Å². The Labute approximate surface area is 391 Å². The summed E-state index contributed by atoms with van der Waals surface area (Å²) in [5.74, 6) is 1.90. The molecule has 15 aromatic rings. The molecule has 11 aromatic carbocycles. The monoisotopic (exact) mass is 886 g/mol. The van der Waals surface area contributed by atoms with Crippen molar-refractivity contribution in [2.45, 2.75) is 0 Å². The Morgan fingerprint density at radius 3 is 1.67 bits per heavy atom. The fourth-order valence-corrected chi connectivity index (χ4v) is 13.1. The van der Waals surface area contributed by atoms with E-state index < -0.39 is 0 Å². The van der Waals surface area contributed by atoms with Crippen molar-refractivity contribution in [1.82, 2.24) is 19.5 Å². The van der Waals surface area contributed by atoms with Crippen molar-refractivity contribution in [3.63, 3.8) is 0 Å². The van der Waals surface area contributed by atoms with E-state index >= 15 is 0 Å². The van der Waals surface area contributed by atoms with Crippen LogP contribution < -0.4 is 0 Å². The van der Waals surface area contributed by atoms with Gasteiger partial charge in [0, 0.05) is 62.9 Å². The Hall–Kier alpha value is -8.29. The van der Waals surface area contributed by atoms with Crippen LogP contribution in [0.4, 0.5) is 0 Å². The lowest BCUT2D eigenvalue weighted by Crippen LogP contribution is -2.05. The lowest BCUT2D eigenvalue weighted by molar-refractivity contribution is 1.07. The van der Waals surface area contributed by atoms with E-state index in [-0.39, 0.29) is 0 Å². The third-order valence-electron chi connectivity index (χ3n) is 13.8. The molecule has 4 aromatic heterocycles. The molecule has 0 aliphatic heterocycles. The van der Waals surface area contributed by atoms with E-state index in [0.29, 0.717) is 17.5 Å². The Morgan fingerprint density at radius 1 is 0.328 bits per heavy atom. The maximum absolute atomic E-state index is 5.66. The van der Waals surface area contributed by atoms with Crippen LogP contribution in [0.25, 0.3) is 145 Å². The van der Waals surface area contributed by atoms with Crippen molar-refractivity contribution in [1.29, 1.82) is 0 Å². The van der Waals surface area contributed by atoms with Gasteiger partial charge in [0.1, 0.15) is 0 Å². The van der Waals surface area contributed by atoms with Gasteiger partial charge in [-0.1, -0.05) is 158 Å². The lowest BCUT2D eigenvalue weighted by Gasteiger charge is -2.19. The third-order valence-corrected chi connectivity index (χ3v) is 16.1. The zero-order valence-electron chi connectivity index (χ0n) is 35.7. The van der Waals surface area contributed by atoms with Gasteiger partial charge in [-0.25, -0.2) is 15.0 Å². The van der Waals surface area contributed by atoms with Crippen molar-refractivity contribution in [2.24, 2.45) is 0 Å². The number of hydrogen-bond donors (Lipinski definition) is 0. The molecule has 0 bridgehead atoms. The lowest BCUT2D eigenvalue weighted by atomic mass is 9.96. The van der Waals surface area contributed by atoms with Crippen molar-refractivity contribution >= 4 is 128 Å². The third kappa shape index (κ3) is 5.48. The highest BCUT2D eigenvalue weighted by atomic mass is 32.1. The number of hydrogen-bond acceptors (Lipinski definition) is 5. The van der Waals surface area contributed by atoms with Crippen LogP contribution in [-0.4, -0.2) is 19.5 Å². The molecule has 0 radical (unpaired) electrons. The summed E-state index contributed by atoms with van der Waals surface area (Å²) >= 11 is 3.67. The predicted octanol–water partition coefficient (Wildman–Crippen LogP) is 17.3. The predicted molar refractivity (Wildman–Crippen MR) is 286 cm³/mol. The second-order valence-corrected chi connectivity index (χ2v) is 19.6. The van der Waals surface area contributed by atoms with Gasteiger partial charge < -0.3 is 4.57 Å². The van der Waals surface area contributed by atoms with Gasteiger partial charge in [-0.3, -0.25) is 0 Å². The number of fused-ring (bicyclic) bond motifs is 15.